The van der Waals surface area contributed by atoms with Crippen molar-refractivity contribution >= 4 is 17.3 Å². The van der Waals surface area contributed by atoms with Gasteiger partial charge in [0.1, 0.15) is 5.75 Å². The van der Waals surface area contributed by atoms with Gasteiger partial charge >= 0.3 is 0 Å². The molecule has 4 heteroatoms. The van der Waals surface area contributed by atoms with Crippen LogP contribution in [0, 0.1) is 0 Å². The van der Waals surface area contributed by atoms with E-state index in [1.165, 1.54) is 11.9 Å². The van der Waals surface area contributed by atoms with Crippen LogP contribution in [0.5, 0.6) is 5.75 Å². The average molecular weight is 201 g/mol. The number of rotatable bonds is 1. The van der Waals surface area contributed by atoms with Gasteiger partial charge in [-0.15, -0.1) is 11.6 Å². The molecule has 0 spiro atoms. The predicted octanol–water partition coefficient (Wildman–Crippen LogP) is 1.76. The number of hydrazine groups is 1. The lowest BCUT2D eigenvalue weighted by atomic mass is 10.1. The molecule has 1 heterocycles. The molecule has 0 unspecified atom stereocenters. The lowest BCUT2D eigenvalue weighted by Crippen LogP contribution is -2.07. The van der Waals surface area contributed by atoms with E-state index in [0.717, 1.165) is 24.5 Å². The third-order valence-corrected chi connectivity index (χ3v) is 1.87. The number of nitrogens with two attached hydrogens (primary N) is 1. The van der Waals surface area contributed by atoms with Crippen LogP contribution in [0.2, 0.25) is 0 Å². The Kier molecular flexibility index (Phi) is 3.86. The molecule has 0 saturated carbocycles. The number of fused-ring (bicyclic) bond motifs is 1. The van der Waals surface area contributed by atoms with Gasteiger partial charge in [-0.3, -0.25) is 5.84 Å². The Morgan fingerprint density at radius 1 is 1.46 bits per heavy atom. The summed E-state index contributed by atoms with van der Waals surface area (Å²) in [6, 6.07) is 5.94. The number of benzene rings is 1. The third-order valence-electron chi connectivity index (χ3n) is 1.87. The average Bonchev–Trinajstić information content (AvgIpc) is 2.68. The van der Waals surface area contributed by atoms with Crippen LogP contribution in [-0.4, -0.2) is 13.0 Å². The van der Waals surface area contributed by atoms with E-state index in [1.807, 2.05) is 12.1 Å². The molecule has 13 heavy (non-hydrogen) atoms. The minimum absolute atomic E-state index is 0.772. The maximum Gasteiger partial charge on any atom is 0.147 e. The second-order valence-electron chi connectivity index (χ2n) is 2.54. The van der Waals surface area contributed by atoms with Crippen LogP contribution in [0.4, 0.5) is 5.69 Å². The van der Waals surface area contributed by atoms with Crippen molar-refractivity contribution in [3.05, 3.63) is 23.8 Å². The first-order valence-corrected chi connectivity index (χ1v) is 4.76. The summed E-state index contributed by atoms with van der Waals surface area (Å²) in [5.41, 5.74) is 4.71. The van der Waals surface area contributed by atoms with Gasteiger partial charge in [0.05, 0.1) is 12.3 Å². The van der Waals surface area contributed by atoms with Crippen molar-refractivity contribution in [2.45, 2.75) is 6.42 Å². The molecule has 0 bridgehead atoms. The summed E-state index contributed by atoms with van der Waals surface area (Å²) in [6.45, 7) is 0.772. The number of hydrogen-bond acceptors (Lipinski definition) is 3. The fraction of sp³-hybridized carbons (Fsp3) is 0.333. The molecule has 1 aliphatic heterocycles. The summed E-state index contributed by atoms with van der Waals surface area (Å²) in [6.07, 6.45) is 2.46. The van der Waals surface area contributed by atoms with E-state index >= 15 is 0 Å². The largest absolute Gasteiger partial charge is 0.491 e. The van der Waals surface area contributed by atoms with E-state index < -0.39 is 0 Å². The molecule has 3 nitrogen and oxygen atoms in total. The highest BCUT2D eigenvalue weighted by molar-refractivity contribution is 6.15. The molecule has 2 rings (SSSR count). The van der Waals surface area contributed by atoms with Crippen molar-refractivity contribution in [1.29, 1.82) is 0 Å². The lowest BCUT2D eigenvalue weighted by Gasteiger charge is -2.05. The van der Waals surface area contributed by atoms with Gasteiger partial charge in [-0.05, 0) is 11.6 Å². The van der Waals surface area contributed by atoms with Gasteiger partial charge in [-0.25, -0.2) is 0 Å². The first kappa shape index (κ1) is 10.2. The summed E-state index contributed by atoms with van der Waals surface area (Å²) in [5.74, 6) is 6.20. The molecule has 0 atom stereocenters. The fourth-order valence-corrected chi connectivity index (χ4v) is 1.33. The second-order valence-corrected chi connectivity index (χ2v) is 2.54. The number of alkyl halides is 1. The molecule has 1 aromatic carbocycles. The minimum atomic E-state index is 0.772. The molecule has 1 aromatic rings. The molecule has 0 amide bonds. The maximum atomic E-state index is 5.38. The molecule has 0 saturated heterocycles. The van der Waals surface area contributed by atoms with Crippen LogP contribution < -0.4 is 16.0 Å². The van der Waals surface area contributed by atoms with Gasteiger partial charge in [0.25, 0.3) is 0 Å². The van der Waals surface area contributed by atoms with Crippen molar-refractivity contribution in [1.82, 2.24) is 0 Å². The summed E-state index contributed by atoms with van der Waals surface area (Å²) in [4.78, 5) is 0. The van der Waals surface area contributed by atoms with E-state index in [0.29, 0.717) is 0 Å². The van der Waals surface area contributed by atoms with Crippen LogP contribution in [0.1, 0.15) is 5.56 Å². The monoisotopic (exact) mass is 200 g/mol. The van der Waals surface area contributed by atoms with Gasteiger partial charge in [0, 0.05) is 12.8 Å². The summed E-state index contributed by atoms with van der Waals surface area (Å²) in [5, 5.41) is 0. The Morgan fingerprint density at radius 2 is 2.23 bits per heavy atom. The van der Waals surface area contributed by atoms with E-state index in [2.05, 4.69) is 23.1 Å². The highest BCUT2D eigenvalue weighted by atomic mass is 35.5. The van der Waals surface area contributed by atoms with Crippen LogP contribution in [0.15, 0.2) is 18.2 Å². The number of anilines is 1. The number of nitrogen functional groups attached to an aromatic ring is 1. The second kappa shape index (κ2) is 4.94. The zero-order valence-electron chi connectivity index (χ0n) is 7.51. The Labute approximate surface area is 82.8 Å². The molecule has 3 N–H and O–H groups in total. The van der Waals surface area contributed by atoms with Crippen molar-refractivity contribution < 1.29 is 4.74 Å². The molecule has 0 aliphatic carbocycles. The van der Waals surface area contributed by atoms with Crippen LogP contribution in [-0.2, 0) is 6.42 Å². The van der Waals surface area contributed by atoms with Crippen molar-refractivity contribution in [2.75, 3.05) is 18.4 Å². The van der Waals surface area contributed by atoms with Crippen molar-refractivity contribution in [2.24, 2.45) is 5.84 Å². The Morgan fingerprint density at radius 3 is 2.92 bits per heavy atom. The Balaban J connectivity index is 0.000000396. The summed E-state index contributed by atoms with van der Waals surface area (Å²) < 4.78 is 5.38. The van der Waals surface area contributed by atoms with E-state index in [4.69, 9.17) is 10.6 Å². The van der Waals surface area contributed by atoms with Gasteiger partial charge in [0.15, 0.2) is 0 Å². The number of hydrogen-bond donors (Lipinski definition) is 2. The van der Waals surface area contributed by atoms with E-state index in [9.17, 15) is 0 Å². The topological polar surface area (TPSA) is 47.3 Å². The molecule has 0 aromatic heterocycles. The lowest BCUT2D eigenvalue weighted by molar-refractivity contribution is 0.358. The molecule has 0 fully saturated rings. The molecule has 0 radical (unpaired) electrons. The van der Waals surface area contributed by atoms with E-state index in [-0.39, 0.29) is 0 Å². The Bertz CT molecular complexity index is 278. The minimum Gasteiger partial charge on any atom is -0.491 e. The van der Waals surface area contributed by atoms with Crippen LogP contribution in [0.3, 0.4) is 0 Å². The third kappa shape index (κ3) is 2.05. The fourth-order valence-electron chi connectivity index (χ4n) is 1.33. The van der Waals surface area contributed by atoms with Crippen molar-refractivity contribution in [3.63, 3.8) is 0 Å². The highest BCUT2D eigenvalue weighted by Gasteiger charge is 2.14. The standard InChI is InChI=1S/C8H10N2O.CH3Cl/c9-10-7-3-1-2-6-4-5-11-8(6)7;1-2/h1-3,10H,4-5,9H2;1H3. The smallest absolute Gasteiger partial charge is 0.147 e. The van der Waals surface area contributed by atoms with Gasteiger partial charge < -0.3 is 10.2 Å². The van der Waals surface area contributed by atoms with Gasteiger partial charge in [-0.2, -0.15) is 0 Å². The summed E-state index contributed by atoms with van der Waals surface area (Å²) in [7, 11) is 0. The van der Waals surface area contributed by atoms with Gasteiger partial charge in [-0.1, -0.05) is 12.1 Å². The maximum absolute atomic E-state index is 5.38. The van der Waals surface area contributed by atoms with Crippen LogP contribution >= 0.6 is 11.6 Å². The van der Waals surface area contributed by atoms with Crippen molar-refractivity contribution in [3.8, 4) is 5.75 Å². The quantitative estimate of drug-likeness (QED) is 0.413. The Hall–Kier alpha value is -0.930. The molecular weight excluding hydrogens is 188 g/mol. The SMILES string of the molecule is CCl.NNc1cccc2c1OCC2. The summed E-state index contributed by atoms with van der Waals surface area (Å²) >= 11 is 4.64. The van der Waals surface area contributed by atoms with Gasteiger partial charge in [0.2, 0.25) is 0 Å². The first-order chi connectivity index (χ1) is 6.42. The van der Waals surface area contributed by atoms with E-state index in [1.54, 1.807) is 0 Å². The molecular formula is C9H13ClN2O. The number of halogens is 1. The predicted molar refractivity (Wildman–Crippen MR) is 55.2 cm³/mol. The number of ether oxygens (including phenoxy) is 1. The highest BCUT2D eigenvalue weighted by Crippen LogP contribution is 2.32. The first-order valence-electron chi connectivity index (χ1n) is 4.01. The molecule has 1 aliphatic rings. The number of nitrogens with one attached hydrogen (secondary N) is 1. The molecule has 72 valence electrons. The normalized spacial score (nSPS) is 12.2. The zero-order valence-corrected chi connectivity index (χ0v) is 8.27. The zero-order chi connectivity index (χ0) is 9.68. The van der Waals surface area contributed by atoms with Crippen LogP contribution in [0.25, 0.3) is 0 Å². The number of para-hydroxylation sites is 1.